The minimum Gasteiger partial charge on any atom is -0.270 e. The maximum Gasteiger partial charge on any atom is 0.267 e. The van der Waals surface area contributed by atoms with Crippen LogP contribution in [-0.4, -0.2) is 14.3 Å². The number of aromatic nitrogens is 3. The average molecular weight is 371 g/mol. The number of hydrogen-bond acceptors (Lipinski definition) is 3. The minimum atomic E-state index is -0.0299. The first kappa shape index (κ1) is 16.1. The normalized spacial score (nSPS) is 15.8. The van der Waals surface area contributed by atoms with E-state index in [-0.39, 0.29) is 10.8 Å². The van der Waals surface area contributed by atoms with E-state index in [4.69, 9.17) is 0 Å². The summed E-state index contributed by atoms with van der Waals surface area (Å²) >= 11 is 1.71. The van der Waals surface area contributed by atoms with Crippen molar-refractivity contribution in [2.45, 2.75) is 10.3 Å². The highest BCUT2D eigenvalue weighted by molar-refractivity contribution is 7.99. The molecule has 2 aromatic carbocycles. The summed E-state index contributed by atoms with van der Waals surface area (Å²) in [6.07, 6.45) is 6.00. The number of rotatable bonds is 2. The van der Waals surface area contributed by atoms with E-state index < -0.39 is 0 Å². The van der Waals surface area contributed by atoms with E-state index in [9.17, 15) is 4.79 Å². The fraction of sp³-hybridized carbons (Fsp3) is 0.0909. The van der Waals surface area contributed by atoms with Gasteiger partial charge in [0.15, 0.2) is 0 Å². The lowest BCUT2D eigenvalue weighted by Gasteiger charge is -2.24. The van der Waals surface area contributed by atoms with Gasteiger partial charge in [-0.3, -0.25) is 14.0 Å². The molecule has 1 aliphatic heterocycles. The second-order valence-corrected chi connectivity index (χ2v) is 7.66. The summed E-state index contributed by atoms with van der Waals surface area (Å²) in [4.78, 5) is 13.3. The second kappa shape index (κ2) is 6.28. The maximum atomic E-state index is 13.3. The molecule has 1 aliphatic rings. The zero-order chi connectivity index (χ0) is 18.4. The number of benzene rings is 2. The molecule has 4 nitrogen and oxygen atoms in total. The Balaban J connectivity index is 1.80. The third-order valence-electron chi connectivity index (χ3n) is 4.88. The SMILES string of the molecule is Cn1ncc2c(=O)n(-c3ccccc3)c3c(c21)C=CC(c1ccccc1)S3. The molecule has 27 heavy (non-hydrogen) atoms. The van der Waals surface area contributed by atoms with Crippen LogP contribution in [0.1, 0.15) is 16.4 Å². The number of para-hydroxylation sites is 1. The lowest BCUT2D eigenvalue weighted by atomic mass is 10.1. The van der Waals surface area contributed by atoms with Gasteiger partial charge >= 0.3 is 0 Å². The van der Waals surface area contributed by atoms with Gasteiger partial charge in [0.2, 0.25) is 0 Å². The van der Waals surface area contributed by atoms with E-state index in [0.717, 1.165) is 21.8 Å². The van der Waals surface area contributed by atoms with Crippen LogP contribution in [0.4, 0.5) is 0 Å². The third-order valence-corrected chi connectivity index (χ3v) is 6.19. The van der Waals surface area contributed by atoms with Crippen LogP contribution in [-0.2, 0) is 7.05 Å². The number of hydrogen-bond donors (Lipinski definition) is 0. The van der Waals surface area contributed by atoms with E-state index in [1.807, 2.05) is 60.1 Å². The van der Waals surface area contributed by atoms with Crippen LogP contribution in [0.15, 0.2) is 82.8 Å². The van der Waals surface area contributed by atoms with Crippen molar-refractivity contribution in [1.29, 1.82) is 0 Å². The number of aryl methyl sites for hydroxylation is 1. The van der Waals surface area contributed by atoms with Gasteiger partial charge < -0.3 is 0 Å². The maximum absolute atomic E-state index is 13.3. The largest absolute Gasteiger partial charge is 0.270 e. The Labute approximate surface area is 160 Å². The molecule has 0 saturated heterocycles. The smallest absolute Gasteiger partial charge is 0.267 e. The van der Waals surface area contributed by atoms with E-state index in [1.54, 1.807) is 22.6 Å². The monoisotopic (exact) mass is 371 g/mol. The summed E-state index contributed by atoms with van der Waals surface area (Å²) in [6.45, 7) is 0. The lowest BCUT2D eigenvalue weighted by molar-refractivity contribution is 0.790. The Kier molecular flexibility index (Phi) is 3.76. The zero-order valence-electron chi connectivity index (χ0n) is 14.7. The summed E-state index contributed by atoms with van der Waals surface area (Å²) in [6, 6.07) is 20.2. The fourth-order valence-corrected chi connectivity index (χ4v) is 4.87. The van der Waals surface area contributed by atoms with E-state index in [1.165, 1.54) is 5.56 Å². The molecule has 0 saturated carbocycles. The lowest BCUT2D eigenvalue weighted by Crippen LogP contribution is -2.22. The zero-order valence-corrected chi connectivity index (χ0v) is 15.6. The molecule has 1 atom stereocenters. The number of thioether (sulfide) groups is 1. The van der Waals surface area contributed by atoms with Gasteiger partial charge in [-0.15, -0.1) is 0 Å². The van der Waals surface area contributed by atoms with Gasteiger partial charge in [0.1, 0.15) is 0 Å². The molecule has 0 amide bonds. The molecular weight excluding hydrogens is 354 g/mol. The molecular formula is C22H17N3OS. The predicted octanol–water partition coefficient (Wildman–Crippen LogP) is 4.58. The van der Waals surface area contributed by atoms with Crippen LogP contribution in [0.25, 0.3) is 22.7 Å². The molecule has 0 fully saturated rings. The van der Waals surface area contributed by atoms with Crippen LogP contribution in [0, 0.1) is 0 Å². The van der Waals surface area contributed by atoms with Crippen molar-refractivity contribution in [3.8, 4) is 5.69 Å². The molecule has 0 bridgehead atoms. The molecule has 0 spiro atoms. The summed E-state index contributed by atoms with van der Waals surface area (Å²) in [7, 11) is 1.89. The van der Waals surface area contributed by atoms with Crippen molar-refractivity contribution < 1.29 is 0 Å². The first-order valence-corrected chi connectivity index (χ1v) is 9.68. The van der Waals surface area contributed by atoms with Crippen molar-refractivity contribution >= 4 is 28.7 Å². The van der Waals surface area contributed by atoms with Crippen LogP contribution in [0.5, 0.6) is 0 Å². The topological polar surface area (TPSA) is 39.8 Å². The van der Waals surface area contributed by atoms with E-state index in [2.05, 4.69) is 29.4 Å². The average Bonchev–Trinajstić information content (AvgIpc) is 3.11. The van der Waals surface area contributed by atoms with E-state index in [0.29, 0.717) is 5.39 Å². The summed E-state index contributed by atoms with van der Waals surface area (Å²) in [5.74, 6) is 0. The van der Waals surface area contributed by atoms with Gasteiger partial charge in [0, 0.05) is 18.3 Å². The number of fused-ring (bicyclic) bond motifs is 3. The van der Waals surface area contributed by atoms with Gasteiger partial charge in [-0.25, -0.2) is 0 Å². The Morgan fingerprint density at radius 3 is 2.44 bits per heavy atom. The fourth-order valence-electron chi connectivity index (χ4n) is 3.59. The summed E-state index contributed by atoms with van der Waals surface area (Å²) in [5.41, 5.74) is 4.00. The van der Waals surface area contributed by atoms with Gasteiger partial charge in [0.25, 0.3) is 5.56 Å². The van der Waals surface area contributed by atoms with Gasteiger partial charge in [0.05, 0.1) is 27.4 Å². The molecule has 5 rings (SSSR count). The second-order valence-electron chi connectivity index (χ2n) is 6.53. The molecule has 5 heteroatoms. The van der Waals surface area contributed by atoms with Crippen molar-refractivity contribution in [3.05, 3.63) is 94.4 Å². The van der Waals surface area contributed by atoms with Crippen LogP contribution in [0.2, 0.25) is 0 Å². The molecule has 3 heterocycles. The Morgan fingerprint density at radius 2 is 1.70 bits per heavy atom. The molecule has 0 aliphatic carbocycles. The van der Waals surface area contributed by atoms with Crippen LogP contribution < -0.4 is 5.56 Å². The van der Waals surface area contributed by atoms with Crippen molar-refractivity contribution in [2.75, 3.05) is 0 Å². The van der Waals surface area contributed by atoms with Gasteiger partial charge in [-0.05, 0) is 17.7 Å². The van der Waals surface area contributed by atoms with Crippen LogP contribution in [0.3, 0.4) is 0 Å². The van der Waals surface area contributed by atoms with Gasteiger partial charge in [-0.1, -0.05) is 72.4 Å². The summed E-state index contributed by atoms with van der Waals surface area (Å²) < 4.78 is 3.61. The predicted molar refractivity (Wildman–Crippen MR) is 110 cm³/mol. The minimum absolute atomic E-state index is 0.0299. The van der Waals surface area contributed by atoms with Crippen molar-refractivity contribution in [1.82, 2.24) is 14.3 Å². The molecule has 2 aromatic heterocycles. The highest BCUT2D eigenvalue weighted by Crippen LogP contribution is 2.44. The van der Waals surface area contributed by atoms with Crippen LogP contribution >= 0.6 is 11.8 Å². The number of pyridine rings is 1. The number of nitrogens with zero attached hydrogens (tertiary/aromatic N) is 3. The summed E-state index contributed by atoms with van der Waals surface area (Å²) in [5, 5.41) is 6.10. The Hall–Kier alpha value is -3.05. The Bertz CT molecular complexity index is 1220. The Morgan fingerprint density at radius 1 is 1.00 bits per heavy atom. The molecule has 4 aromatic rings. The highest BCUT2D eigenvalue weighted by atomic mass is 32.2. The quantitative estimate of drug-likeness (QED) is 0.518. The van der Waals surface area contributed by atoms with Crippen molar-refractivity contribution in [2.24, 2.45) is 7.05 Å². The van der Waals surface area contributed by atoms with Crippen molar-refractivity contribution in [3.63, 3.8) is 0 Å². The molecule has 132 valence electrons. The molecule has 0 radical (unpaired) electrons. The van der Waals surface area contributed by atoms with E-state index >= 15 is 0 Å². The molecule has 1 unspecified atom stereocenters. The standard InChI is InChI=1S/C22H17N3OS/c1-24-20-17-12-13-19(15-8-4-2-5-9-15)27-22(17)25(16-10-6-3-7-11-16)21(26)18(20)14-23-24/h2-14,19H,1H3. The third kappa shape index (κ3) is 2.54. The first-order valence-electron chi connectivity index (χ1n) is 8.80. The molecule has 0 N–H and O–H groups in total. The highest BCUT2D eigenvalue weighted by Gasteiger charge is 2.25. The first-order chi connectivity index (χ1) is 13.2. The van der Waals surface area contributed by atoms with Gasteiger partial charge in [-0.2, -0.15) is 5.10 Å².